The Hall–Kier alpha value is -2.40. The van der Waals surface area contributed by atoms with Crippen molar-refractivity contribution in [3.05, 3.63) is 52.9 Å². The molecule has 2 aromatic heterocycles. The van der Waals surface area contributed by atoms with E-state index in [1.54, 1.807) is 16.8 Å². The maximum Gasteiger partial charge on any atom is 0.275 e. The van der Waals surface area contributed by atoms with Crippen molar-refractivity contribution in [2.24, 2.45) is 0 Å². The zero-order chi connectivity index (χ0) is 16.0. The van der Waals surface area contributed by atoms with Gasteiger partial charge < -0.3 is 4.90 Å². The summed E-state index contributed by atoms with van der Waals surface area (Å²) in [7, 11) is 0. The van der Waals surface area contributed by atoms with Crippen molar-refractivity contribution in [1.82, 2.24) is 19.5 Å². The van der Waals surface area contributed by atoms with E-state index in [9.17, 15) is 4.79 Å². The maximum absolute atomic E-state index is 12.8. The summed E-state index contributed by atoms with van der Waals surface area (Å²) in [5.41, 5.74) is 3.84. The zero-order valence-corrected chi connectivity index (χ0v) is 13.4. The van der Waals surface area contributed by atoms with Crippen LogP contribution in [-0.4, -0.2) is 38.5 Å². The van der Waals surface area contributed by atoms with Gasteiger partial charge in [-0.3, -0.25) is 4.79 Å². The van der Waals surface area contributed by atoms with Crippen molar-refractivity contribution >= 4 is 23.2 Å². The molecule has 4 rings (SSSR count). The predicted molar refractivity (Wildman–Crippen MR) is 88.7 cm³/mol. The third-order valence-electron chi connectivity index (χ3n) is 4.20. The third-order valence-corrected chi connectivity index (χ3v) is 4.43. The maximum atomic E-state index is 12.8. The highest BCUT2D eigenvalue weighted by molar-refractivity contribution is 6.30. The van der Waals surface area contributed by atoms with Gasteiger partial charge in [-0.1, -0.05) is 17.7 Å². The quantitative estimate of drug-likeness (QED) is 0.726. The van der Waals surface area contributed by atoms with Crippen LogP contribution in [0.4, 0.5) is 0 Å². The van der Waals surface area contributed by atoms with Gasteiger partial charge in [-0.25, -0.2) is 9.50 Å². The summed E-state index contributed by atoms with van der Waals surface area (Å²) in [5.74, 6) is -0.0360. The van der Waals surface area contributed by atoms with Gasteiger partial charge >= 0.3 is 0 Å². The SMILES string of the molecule is Cc1cc(Cl)ccc1-c1c(C(=O)N2CCC2)nn2cccnc12. The molecule has 0 N–H and O–H groups in total. The highest BCUT2D eigenvalue weighted by Crippen LogP contribution is 2.32. The van der Waals surface area contributed by atoms with E-state index in [-0.39, 0.29) is 5.91 Å². The summed E-state index contributed by atoms with van der Waals surface area (Å²) in [4.78, 5) is 19.0. The molecule has 0 aliphatic carbocycles. The highest BCUT2D eigenvalue weighted by Gasteiger charge is 2.29. The van der Waals surface area contributed by atoms with Gasteiger partial charge in [0.25, 0.3) is 5.91 Å². The van der Waals surface area contributed by atoms with Crippen molar-refractivity contribution < 1.29 is 4.79 Å². The summed E-state index contributed by atoms with van der Waals surface area (Å²) >= 11 is 6.07. The number of hydrogen-bond acceptors (Lipinski definition) is 3. The third kappa shape index (κ3) is 2.28. The molecule has 0 unspecified atom stereocenters. The monoisotopic (exact) mass is 326 g/mol. The van der Waals surface area contributed by atoms with Gasteiger partial charge in [0.1, 0.15) is 0 Å². The molecule has 1 aromatic carbocycles. The number of carbonyl (C=O) groups is 1. The van der Waals surface area contributed by atoms with E-state index in [0.29, 0.717) is 16.4 Å². The van der Waals surface area contributed by atoms with Crippen molar-refractivity contribution in [2.75, 3.05) is 13.1 Å². The lowest BCUT2D eigenvalue weighted by atomic mass is 9.99. The molecular weight excluding hydrogens is 312 g/mol. The van der Waals surface area contributed by atoms with Gasteiger partial charge in [-0.2, -0.15) is 5.10 Å². The van der Waals surface area contributed by atoms with Crippen LogP contribution in [0.2, 0.25) is 5.02 Å². The molecule has 1 fully saturated rings. The fraction of sp³-hybridized carbons (Fsp3) is 0.235. The van der Waals surface area contributed by atoms with Crippen LogP contribution in [0.15, 0.2) is 36.7 Å². The van der Waals surface area contributed by atoms with E-state index in [1.165, 1.54) is 0 Å². The largest absolute Gasteiger partial charge is 0.337 e. The van der Waals surface area contributed by atoms with Crippen LogP contribution in [-0.2, 0) is 0 Å². The molecule has 0 atom stereocenters. The summed E-state index contributed by atoms with van der Waals surface area (Å²) < 4.78 is 1.66. The van der Waals surface area contributed by atoms with Crippen molar-refractivity contribution in [3.8, 4) is 11.1 Å². The van der Waals surface area contributed by atoms with Crippen molar-refractivity contribution in [3.63, 3.8) is 0 Å². The Morgan fingerprint density at radius 1 is 1.30 bits per heavy atom. The van der Waals surface area contributed by atoms with Gasteiger partial charge in [-0.15, -0.1) is 0 Å². The van der Waals surface area contributed by atoms with E-state index < -0.39 is 0 Å². The molecule has 5 nitrogen and oxygen atoms in total. The summed E-state index contributed by atoms with van der Waals surface area (Å²) in [6.45, 7) is 3.56. The Kier molecular flexibility index (Phi) is 3.31. The molecule has 3 aromatic rings. The summed E-state index contributed by atoms with van der Waals surface area (Å²) in [6.07, 6.45) is 4.57. The fourth-order valence-corrected chi connectivity index (χ4v) is 3.09. The smallest absolute Gasteiger partial charge is 0.275 e. The first-order valence-electron chi connectivity index (χ1n) is 7.54. The number of halogens is 1. The number of benzene rings is 1. The first-order valence-corrected chi connectivity index (χ1v) is 7.92. The molecule has 116 valence electrons. The molecule has 0 spiro atoms. The van der Waals surface area contributed by atoms with E-state index in [0.717, 1.165) is 36.2 Å². The topological polar surface area (TPSA) is 50.5 Å². The second-order valence-corrected chi connectivity index (χ2v) is 6.15. The van der Waals surface area contributed by atoms with Gasteiger partial charge in [-0.05, 0) is 42.7 Å². The van der Waals surface area contributed by atoms with Crippen molar-refractivity contribution in [2.45, 2.75) is 13.3 Å². The van der Waals surface area contributed by atoms with E-state index >= 15 is 0 Å². The van der Waals surface area contributed by atoms with Crippen LogP contribution >= 0.6 is 11.6 Å². The number of aryl methyl sites for hydroxylation is 1. The molecule has 1 amide bonds. The van der Waals surface area contributed by atoms with Gasteiger partial charge in [0.15, 0.2) is 11.3 Å². The Balaban J connectivity index is 1.97. The van der Waals surface area contributed by atoms with E-state index in [1.807, 2.05) is 36.2 Å². The Bertz CT molecular complexity index is 914. The number of carbonyl (C=O) groups excluding carboxylic acids is 1. The standard InChI is InChI=1S/C17H15ClN4O/c1-11-10-12(18)4-5-13(11)14-15(17(23)21-7-3-8-21)20-22-9-2-6-19-16(14)22/h2,4-6,9-10H,3,7-8H2,1H3. The number of likely N-dealkylation sites (tertiary alicyclic amines) is 1. The molecule has 6 heteroatoms. The van der Waals surface area contributed by atoms with Gasteiger partial charge in [0.2, 0.25) is 0 Å². The van der Waals surface area contributed by atoms with Crippen LogP contribution < -0.4 is 0 Å². The number of rotatable bonds is 2. The average molecular weight is 327 g/mol. The number of fused-ring (bicyclic) bond motifs is 1. The second kappa shape index (κ2) is 5.35. The molecule has 0 saturated carbocycles. The zero-order valence-electron chi connectivity index (χ0n) is 12.7. The minimum atomic E-state index is -0.0360. The second-order valence-electron chi connectivity index (χ2n) is 5.72. The average Bonchev–Trinajstić information content (AvgIpc) is 2.85. The molecule has 0 bridgehead atoms. The molecule has 1 aliphatic heterocycles. The van der Waals surface area contributed by atoms with Gasteiger partial charge in [0.05, 0.1) is 5.56 Å². The fourth-order valence-electron chi connectivity index (χ4n) is 2.86. The Labute approximate surface area is 138 Å². The minimum absolute atomic E-state index is 0.0360. The minimum Gasteiger partial charge on any atom is -0.337 e. The predicted octanol–water partition coefficient (Wildman–Crippen LogP) is 3.20. The molecule has 1 aliphatic rings. The van der Waals surface area contributed by atoms with Crippen LogP contribution in [0.3, 0.4) is 0 Å². The van der Waals surface area contributed by atoms with Crippen molar-refractivity contribution in [1.29, 1.82) is 0 Å². The Morgan fingerprint density at radius 2 is 2.13 bits per heavy atom. The molecule has 3 heterocycles. The van der Waals surface area contributed by atoms with Crippen LogP contribution in [0.25, 0.3) is 16.8 Å². The lowest BCUT2D eigenvalue weighted by Gasteiger charge is -2.30. The number of amides is 1. The number of hydrogen-bond donors (Lipinski definition) is 0. The molecular formula is C17H15ClN4O. The van der Waals surface area contributed by atoms with Gasteiger partial charge in [0, 0.05) is 30.5 Å². The summed E-state index contributed by atoms with van der Waals surface area (Å²) in [5, 5.41) is 5.16. The summed E-state index contributed by atoms with van der Waals surface area (Å²) in [6, 6.07) is 7.45. The molecule has 23 heavy (non-hydrogen) atoms. The Morgan fingerprint density at radius 3 is 2.83 bits per heavy atom. The van der Waals surface area contributed by atoms with Crippen LogP contribution in [0, 0.1) is 6.92 Å². The highest BCUT2D eigenvalue weighted by atomic mass is 35.5. The lowest BCUT2D eigenvalue weighted by Crippen LogP contribution is -2.42. The first-order chi connectivity index (χ1) is 11.1. The van der Waals surface area contributed by atoms with Crippen LogP contribution in [0.5, 0.6) is 0 Å². The molecule has 0 radical (unpaired) electrons. The van der Waals surface area contributed by atoms with Crippen LogP contribution in [0.1, 0.15) is 22.5 Å². The number of aromatic nitrogens is 3. The lowest BCUT2D eigenvalue weighted by molar-refractivity contribution is 0.0646. The van der Waals surface area contributed by atoms with E-state index in [2.05, 4.69) is 10.1 Å². The number of nitrogens with zero attached hydrogens (tertiary/aromatic N) is 4. The first kappa shape index (κ1) is 14.2. The normalized spacial score (nSPS) is 14.1. The molecule has 1 saturated heterocycles. The van der Waals surface area contributed by atoms with E-state index in [4.69, 9.17) is 11.6 Å².